The highest BCUT2D eigenvalue weighted by Crippen LogP contribution is 2.34. The van der Waals surface area contributed by atoms with Crippen LogP contribution in [0, 0.1) is 5.92 Å². The summed E-state index contributed by atoms with van der Waals surface area (Å²) in [5.74, 6) is 0.756. The van der Waals surface area contributed by atoms with Crippen molar-refractivity contribution in [1.82, 2.24) is 19.7 Å². The Morgan fingerprint density at radius 1 is 1.00 bits per heavy atom. The van der Waals surface area contributed by atoms with Gasteiger partial charge >= 0.3 is 0 Å². The fourth-order valence-corrected chi connectivity index (χ4v) is 4.55. The van der Waals surface area contributed by atoms with E-state index in [1.54, 1.807) is 0 Å². The molecule has 5 heteroatoms. The zero-order valence-corrected chi connectivity index (χ0v) is 16.9. The summed E-state index contributed by atoms with van der Waals surface area (Å²) < 4.78 is 1.98. The molecule has 3 heterocycles. The molecule has 0 amide bonds. The Labute approximate surface area is 171 Å². The van der Waals surface area contributed by atoms with E-state index in [9.17, 15) is 0 Å². The molecule has 1 N–H and O–H groups in total. The Kier molecular flexibility index (Phi) is 4.88. The molecular weight excluding hydrogens is 358 g/mol. The van der Waals surface area contributed by atoms with Gasteiger partial charge in [0, 0.05) is 30.9 Å². The average molecular weight is 386 g/mol. The van der Waals surface area contributed by atoms with E-state index in [0.717, 1.165) is 35.6 Å². The normalized spacial score (nSPS) is 15.2. The lowest BCUT2D eigenvalue weighted by Crippen LogP contribution is -2.17. The molecule has 0 bridgehead atoms. The van der Waals surface area contributed by atoms with Gasteiger partial charge in [0.2, 0.25) is 0 Å². The summed E-state index contributed by atoms with van der Waals surface area (Å²) in [5, 5.41) is 10.7. The van der Waals surface area contributed by atoms with Crippen LogP contribution in [0.15, 0.2) is 48.9 Å². The number of rotatable bonds is 5. The van der Waals surface area contributed by atoms with Crippen LogP contribution in [0.1, 0.15) is 39.0 Å². The lowest BCUT2D eigenvalue weighted by atomic mass is 9.89. The molecule has 1 aromatic carbocycles. The molecule has 1 fully saturated rings. The molecule has 0 radical (unpaired) electrons. The fraction of sp³-hybridized carbons (Fsp3) is 0.375. The van der Waals surface area contributed by atoms with Crippen LogP contribution in [0.3, 0.4) is 0 Å². The summed E-state index contributed by atoms with van der Waals surface area (Å²) in [7, 11) is 0. The molecule has 0 aliphatic heterocycles. The van der Waals surface area contributed by atoms with Crippen molar-refractivity contribution in [3.63, 3.8) is 0 Å². The highest BCUT2D eigenvalue weighted by Gasteiger charge is 2.17. The second kappa shape index (κ2) is 7.82. The summed E-state index contributed by atoms with van der Waals surface area (Å²) in [6, 6.07) is 10.6. The van der Waals surface area contributed by atoms with Crippen LogP contribution in [0.5, 0.6) is 0 Å². The number of benzene rings is 1. The zero-order chi connectivity index (χ0) is 19.6. The lowest BCUT2D eigenvalue weighted by Gasteiger charge is -2.23. The molecular formula is C24H27N5. The Morgan fingerprint density at radius 2 is 1.83 bits per heavy atom. The van der Waals surface area contributed by atoms with Crippen molar-refractivity contribution in [3.8, 4) is 11.1 Å². The smallest absolute Gasteiger partial charge is 0.160 e. The highest BCUT2D eigenvalue weighted by molar-refractivity contribution is 6.07. The summed E-state index contributed by atoms with van der Waals surface area (Å²) in [5.41, 5.74) is 5.50. The second-order valence-electron chi connectivity index (χ2n) is 8.04. The number of aromatic nitrogens is 4. The number of aryl methyl sites for hydroxylation is 1. The first-order chi connectivity index (χ1) is 14.3. The molecule has 1 aliphatic rings. The molecule has 4 aromatic rings. The minimum atomic E-state index is 0.756. The maximum Gasteiger partial charge on any atom is 0.160 e. The molecule has 0 spiro atoms. The number of anilines is 1. The van der Waals surface area contributed by atoms with Gasteiger partial charge in [-0.15, -0.1) is 0 Å². The van der Waals surface area contributed by atoms with E-state index < -0.39 is 0 Å². The number of fused-ring (bicyclic) bond motifs is 2. The topological polar surface area (TPSA) is 55.6 Å². The molecule has 29 heavy (non-hydrogen) atoms. The molecule has 5 nitrogen and oxygen atoms in total. The van der Waals surface area contributed by atoms with Crippen molar-refractivity contribution < 1.29 is 0 Å². The number of nitrogens with zero attached hydrogens (tertiary/aromatic N) is 4. The van der Waals surface area contributed by atoms with E-state index in [1.807, 2.05) is 23.3 Å². The quantitative estimate of drug-likeness (QED) is 0.482. The van der Waals surface area contributed by atoms with E-state index in [2.05, 4.69) is 52.7 Å². The maximum atomic E-state index is 4.95. The first-order valence-corrected chi connectivity index (χ1v) is 10.8. The number of nitrogens with one attached hydrogen (secondary N) is 1. The minimum absolute atomic E-state index is 0.756. The van der Waals surface area contributed by atoms with E-state index >= 15 is 0 Å². The van der Waals surface area contributed by atoms with Crippen molar-refractivity contribution >= 4 is 27.6 Å². The van der Waals surface area contributed by atoms with Crippen LogP contribution < -0.4 is 5.32 Å². The van der Waals surface area contributed by atoms with Gasteiger partial charge in [-0.25, -0.2) is 9.67 Å². The van der Waals surface area contributed by atoms with E-state index in [-0.39, 0.29) is 0 Å². The molecule has 0 atom stereocenters. The molecule has 0 saturated heterocycles. The van der Waals surface area contributed by atoms with Crippen LogP contribution >= 0.6 is 0 Å². The van der Waals surface area contributed by atoms with Crippen molar-refractivity contribution in [1.29, 1.82) is 0 Å². The lowest BCUT2D eigenvalue weighted by molar-refractivity contribution is 0.373. The Morgan fingerprint density at radius 3 is 2.62 bits per heavy atom. The van der Waals surface area contributed by atoms with Crippen LogP contribution in [-0.4, -0.2) is 26.3 Å². The molecule has 148 valence electrons. The number of pyridine rings is 2. The average Bonchev–Trinajstić information content (AvgIpc) is 3.20. The first-order valence-electron chi connectivity index (χ1n) is 10.8. The van der Waals surface area contributed by atoms with Gasteiger partial charge in [-0.2, -0.15) is 5.10 Å². The number of hydrogen-bond acceptors (Lipinski definition) is 4. The Hall–Kier alpha value is -2.95. The number of hydrogen-bond donors (Lipinski definition) is 1. The van der Waals surface area contributed by atoms with Crippen molar-refractivity contribution in [2.24, 2.45) is 5.92 Å². The largest absolute Gasteiger partial charge is 0.384 e. The molecule has 0 unspecified atom stereocenters. The van der Waals surface area contributed by atoms with Gasteiger partial charge in [0.25, 0.3) is 0 Å². The van der Waals surface area contributed by atoms with Gasteiger partial charge in [0.15, 0.2) is 5.65 Å². The summed E-state index contributed by atoms with van der Waals surface area (Å²) in [4.78, 5) is 9.10. The van der Waals surface area contributed by atoms with Crippen LogP contribution in [0.25, 0.3) is 33.1 Å². The van der Waals surface area contributed by atoms with Crippen LogP contribution in [-0.2, 0) is 6.54 Å². The van der Waals surface area contributed by atoms with Crippen LogP contribution in [0.4, 0.5) is 5.69 Å². The summed E-state index contributed by atoms with van der Waals surface area (Å²) in [6.45, 7) is 3.95. The Bertz CT molecular complexity index is 1130. The molecule has 3 aromatic heterocycles. The summed E-state index contributed by atoms with van der Waals surface area (Å²) >= 11 is 0. The van der Waals surface area contributed by atoms with E-state index in [0.29, 0.717) is 0 Å². The molecule has 1 aliphatic carbocycles. The van der Waals surface area contributed by atoms with Crippen molar-refractivity contribution in [3.05, 3.63) is 48.9 Å². The first kappa shape index (κ1) is 18.1. The fourth-order valence-electron chi connectivity index (χ4n) is 4.55. The zero-order valence-electron chi connectivity index (χ0n) is 16.9. The van der Waals surface area contributed by atoms with Gasteiger partial charge in [-0.3, -0.25) is 4.98 Å². The SMILES string of the molecule is CCn1ncc2c(NCC3CCCCC3)c3cc(-c4ccncc4)ccc3nc21. The monoisotopic (exact) mass is 385 g/mol. The molecule has 1 saturated carbocycles. The molecule has 5 rings (SSSR count). The standard InChI is InChI=1S/C24H27N5/c1-2-29-24-21(16-27-29)23(26-15-17-6-4-3-5-7-17)20-14-19(8-9-22(20)28-24)18-10-12-25-13-11-18/h8-14,16-17H,2-7,15H2,1H3,(H,26,28). The van der Waals surface area contributed by atoms with Crippen LogP contribution in [0.2, 0.25) is 0 Å². The predicted octanol–water partition coefficient (Wildman–Crippen LogP) is 5.66. The van der Waals surface area contributed by atoms with Gasteiger partial charge in [-0.1, -0.05) is 25.3 Å². The van der Waals surface area contributed by atoms with Gasteiger partial charge in [-0.05, 0) is 61.1 Å². The third kappa shape index (κ3) is 3.46. The van der Waals surface area contributed by atoms with E-state index in [4.69, 9.17) is 4.98 Å². The van der Waals surface area contributed by atoms with E-state index in [1.165, 1.54) is 54.3 Å². The third-order valence-corrected chi connectivity index (χ3v) is 6.18. The van der Waals surface area contributed by atoms with Gasteiger partial charge in [0.1, 0.15) is 0 Å². The maximum absolute atomic E-state index is 4.95. The Balaban J connectivity index is 1.62. The van der Waals surface area contributed by atoms with Crippen molar-refractivity contribution in [2.75, 3.05) is 11.9 Å². The van der Waals surface area contributed by atoms with Gasteiger partial charge in [0.05, 0.1) is 22.8 Å². The highest BCUT2D eigenvalue weighted by atomic mass is 15.3. The minimum Gasteiger partial charge on any atom is -0.384 e. The predicted molar refractivity (Wildman–Crippen MR) is 119 cm³/mol. The van der Waals surface area contributed by atoms with Crippen molar-refractivity contribution in [2.45, 2.75) is 45.6 Å². The van der Waals surface area contributed by atoms with Gasteiger partial charge < -0.3 is 5.32 Å². The second-order valence-corrected chi connectivity index (χ2v) is 8.04. The summed E-state index contributed by atoms with van der Waals surface area (Å²) in [6.07, 6.45) is 12.4. The third-order valence-electron chi connectivity index (χ3n) is 6.18.